The van der Waals surface area contributed by atoms with E-state index in [1.807, 2.05) is 0 Å². The van der Waals surface area contributed by atoms with E-state index in [9.17, 15) is 0 Å². The lowest BCUT2D eigenvalue weighted by Gasteiger charge is -2.25. The van der Waals surface area contributed by atoms with E-state index in [-0.39, 0.29) is 5.60 Å². The molecule has 1 aliphatic rings. The Morgan fingerprint density at radius 1 is 1.55 bits per heavy atom. The number of ether oxygens (including phenoxy) is 1. The summed E-state index contributed by atoms with van der Waals surface area (Å²) in [6.07, 6.45) is 4.75. The van der Waals surface area contributed by atoms with Gasteiger partial charge in [0.2, 0.25) is 0 Å². The van der Waals surface area contributed by atoms with Crippen molar-refractivity contribution in [3.05, 3.63) is 10.6 Å². The lowest BCUT2D eigenvalue weighted by Crippen LogP contribution is -2.26. The molecular formula is C9H15BrO. The van der Waals surface area contributed by atoms with Crippen LogP contribution in [-0.4, -0.2) is 11.7 Å². The first-order valence-electron chi connectivity index (χ1n) is 4.02. The van der Waals surface area contributed by atoms with Gasteiger partial charge in [0.05, 0.1) is 11.7 Å². The molecule has 0 spiro atoms. The molecule has 0 amide bonds. The van der Waals surface area contributed by atoms with E-state index in [2.05, 4.69) is 42.8 Å². The van der Waals surface area contributed by atoms with Gasteiger partial charge in [0.1, 0.15) is 0 Å². The maximum Gasteiger partial charge on any atom is 0.0896 e. The average Bonchev–Trinajstić information content (AvgIpc) is 2.12. The van der Waals surface area contributed by atoms with Crippen molar-refractivity contribution in [1.82, 2.24) is 0 Å². The van der Waals surface area contributed by atoms with Crippen molar-refractivity contribution in [2.24, 2.45) is 0 Å². The maximum absolute atomic E-state index is 5.80. The highest BCUT2D eigenvalue weighted by Gasteiger charge is 2.23. The molecule has 2 heteroatoms. The lowest BCUT2D eigenvalue weighted by molar-refractivity contribution is -0.0385. The molecular weight excluding hydrogens is 204 g/mol. The molecule has 0 radical (unpaired) electrons. The Balaban J connectivity index is 2.45. The van der Waals surface area contributed by atoms with Crippen LogP contribution in [0, 0.1) is 0 Å². The second kappa shape index (κ2) is 3.28. The standard InChI is InChI=1S/C9H15BrO/c1-9(2,3)11-8-6-4-5-7(8)10/h5,8H,4,6H2,1-3H3/t8-/m1/s1. The number of rotatable bonds is 1. The third-order valence-corrected chi connectivity index (χ3v) is 2.41. The first-order valence-corrected chi connectivity index (χ1v) is 4.82. The van der Waals surface area contributed by atoms with Crippen LogP contribution in [0.5, 0.6) is 0 Å². The van der Waals surface area contributed by atoms with Gasteiger partial charge in [-0.05, 0) is 33.6 Å². The molecule has 1 rings (SSSR count). The summed E-state index contributed by atoms with van der Waals surface area (Å²) >= 11 is 3.49. The van der Waals surface area contributed by atoms with Gasteiger partial charge in [-0.2, -0.15) is 0 Å². The molecule has 11 heavy (non-hydrogen) atoms. The molecule has 0 fully saturated rings. The van der Waals surface area contributed by atoms with Crippen LogP contribution in [0.1, 0.15) is 33.6 Å². The monoisotopic (exact) mass is 218 g/mol. The first kappa shape index (κ1) is 9.27. The summed E-state index contributed by atoms with van der Waals surface area (Å²) in [7, 11) is 0. The van der Waals surface area contributed by atoms with Gasteiger partial charge < -0.3 is 4.74 Å². The molecule has 1 nitrogen and oxygen atoms in total. The van der Waals surface area contributed by atoms with Crippen molar-refractivity contribution < 1.29 is 4.74 Å². The van der Waals surface area contributed by atoms with Gasteiger partial charge in [0, 0.05) is 4.48 Å². The van der Waals surface area contributed by atoms with Gasteiger partial charge in [-0.15, -0.1) is 0 Å². The van der Waals surface area contributed by atoms with Crippen LogP contribution >= 0.6 is 15.9 Å². The third-order valence-electron chi connectivity index (χ3n) is 1.57. The topological polar surface area (TPSA) is 9.23 Å². The second-order valence-corrected chi connectivity index (χ2v) is 4.80. The summed E-state index contributed by atoms with van der Waals surface area (Å²) in [5.41, 5.74) is -0.0259. The number of allylic oxidation sites excluding steroid dienone is 1. The van der Waals surface area contributed by atoms with E-state index < -0.39 is 0 Å². The van der Waals surface area contributed by atoms with Crippen LogP contribution in [0.3, 0.4) is 0 Å². The fourth-order valence-corrected chi connectivity index (χ4v) is 1.74. The lowest BCUT2D eigenvalue weighted by atomic mass is 10.2. The van der Waals surface area contributed by atoms with E-state index in [0.29, 0.717) is 6.10 Å². The molecule has 0 aromatic heterocycles. The van der Waals surface area contributed by atoms with Gasteiger partial charge in [0.25, 0.3) is 0 Å². The number of hydrogen-bond donors (Lipinski definition) is 0. The van der Waals surface area contributed by atoms with E-state index in [4.69, 9.17) is 4.74 Å². The number of hydrogen-bond acceptors (Lipinski definition) is 1. The summed E-state index contributed by atoms with van der Waals surface area (Å²) in [5.74, 6) is 0. The van der Waals surface area contributed by atoms with E-state index in [1.165, 1.54) is 4.48 Å². The van der Waals surface area contributed by atoms with Crippen molar-refractivity contribution in [2.45, 2.75) is 45.3 Å². The Labute approximate surface area is 76.9 Å². The highest BCUT2D eigenvalue weighted by atomic mass is 79.9. The first-order chi connectivity index (χ1) is 4.99. The molecule has 0 aromatic carbocycles. The number of halogens is 1. The SMILES string of the molecule is CC(C)(C)O[C@@H]1CCC=C1Br. The Morgan fingerprint density at radius 2 is 2.18 bits per heavy atom. The predicted octanol–water partition coefficient (Wildman–Crippen LogP) is 3.24. The quantitative estimate of drug-likeness (QED) is 0.657. The minimum Gasteiger partial charge on any atom is -0.367 e. The minimum absolute atomic E-state index is 0.0259. The zero-order valence-corrected chi connectivity index (χ0v) is 8.94. The summed E-state index contributed by atoms with van der Waals surface area (Å²) in [5, 5.41) is 0. The largest absolute Gasteiger partial charge is 0.367 e. The summed E-state index contributed by atoms with van der Waals surface area (Å²) in [6, 6.07) is 0. The molecule has 1 aliphatic carbocycles. The fourth-order valence-electron chi connectivity index (χ4n) is 1.18. The average molecular weight is 219 g/mol. The molecule has 0 N–H and O–H groups in total. The van der Waals surface area contributed by atoms with Crippen LogP contribution < -0.4 is 0 Å². The summed E-state index contributed by atoms with van der Waals surface area (Å²) < 4.78 is 7.01. The smallest absolute Gasteiger partial charge is 0.0896 e. The Hall–Kier alpha value is 0.180. The molecule has 0 unspecified atom stereocenters. The van der Waals surface area contributed by atoms with Gasteiger partial charge in [-0.25, -0.2) is 0 Å². The van der Waals surface area contributed by atoms with Gasteiger partial charge in [-0.3, -0.25) is 0 Å². The highest BCUT2D eigenvalue weighted by Crippen LogP contribution is 2.29. The second-order valence-electron chi connectivity index (χ2n) is 3.89. The molecule has 0 saturated heterocycles. The normalized spacial score (nSPS) is 25.5. The van der Waals surface area contributed by atoms with Crippen molar-refractivity contribution in [1.29, 1.82) is 0 Å². The maximum atomic E-state index is 5.80. The van der Waals surface area contributed by atoms with Crippen LogP contribution in [0.4, 0.5) is 0 Å². The molecule has 0 aliphatic heterocycles. The molecule has 64 valence electrons. The Morgan fingerprint density at radius 3 is 2.55 bits per heavy atom. The van der Waals surface area contributed by atoms with Crippen LogP contribution in [-0.2, 0) is 4.74 Å². The molecule has 0 heterocycles. The third kappa shape index (κ3) is 2.96. The zero-order valence-electron chi connectivity index (χ0n) is 7.36. The van der Waals surface area contributed by atoms with Gasteiger partial charge in [0.15, 0.2) is 0 Å². The fraction of sp³-hybridized carbons (Fsp3) is 0.778. The van der Waals surface area contributed by atoms with Crippen molar-refractivity contribution in [2.75, 3.05) is 0 Å². The van der Waals surface area contributed by atoms with Crippen molar-refractivity contribution in [3.63, 3.8) is 0 Å². The highest BCUT2D eigenvalue weighted by molar-refractivity contribution is 9.11. The van der Waals surface area contributed by atoms with E-state index in [1.54, 1.807) is 0 Å². The Bertz CT molecular complexity index is 167. The molecule has 1 atom stereocenters. The minimum atomic E-state index is -0.0259. The van der Waals surface area contributed by atoms with Crippen LogP contribution in [0.15, 0.2) is 10.6 Å². The van der Waals surface area contributed by atoms with Crippen molar-refractivity contribution >= 4 is 15.9 Å². The molecule has 0 saturated carbocycles. The molecule has 0 bridgehead atoms. The van der Waals surface area contributed by atoms with E-state index >= 15 is 0 Å². The molecule has 0 aromatic rings. The van der Waals surface area contributed by atoms with Crippen LogP contribution in [0.25, 0.3) is 0 Å². The Kier molecular flexibility index (Phi) is 2.76. The zero-order chi connectivity index (χ0) is 8.48. The van der Waals surface area contributed by atoms with Crippen molar-refractivity contribution in [3.8, 4) is 0 Å². The van der Waals surface area contributed by atoms with Crippen LogP contribution in [0.2, 0.25) is 0 Å². The summed E-state index contributed by atoms with van der Waals surface area (Å²) in [4.78, 5) is 0. The van der Waals surface area contributed by atoms with Gasteiger partial charge >= 0.3 is 0 Å². The predicted molar refractivity (Wildman–Crippen MR) is 50.9 cm³/mol. The summed E-state index contributed by atoms with van der Waals surface area (Å²) in [6.45, 7) is 6.27. The van der Waals surface area contributed by atoms with E-state index in [0.717, 1.165) is 12.8 Å². The van der Waals surface area contributed by atoms with Gasteiger partial charge in [-0.1, -0.05) is 22.0 Å².